The zero-order chi connectivity index (χ0) is 48.8. The van der Waals surface area contributed by atoms with Crippen molar-refractivity contribution >= 4 is 46.4 Å². The van der Waals surface area contributed by atoms with E-state index in [4.69, 9.17) is 15.6 Å². The van der Waals surface area contributed by atoms with Crippen LogP contribution in [-0.4, -0.2) is 134 Å². The van der Waals surface area contributed by atoms with Crippen LogP contribution in [0, 0.1) is 35.5 Å². The molecule has 17 heteroatoms. The smallest absolute Gasteiger partial charge is 0.255 e. The molecule has 4 aliphatic heterocycles. The van der Waals surface area contributed by atoms with Crippen molar-refractivity contribution in [2.24, 2.45) is 11.8 Å². The molecule has 2 atom stereocenters. The summed E-state index contributed by atoms with van der Waals surface area (Å²) in [6, 6.07) is 22.2. The van der Waals surface area contributed by atoms with Crippen LogP contribution in [0.2, 0.25) is 0 Å². The van der Waals surface area contributed by atoms with Crippen molar-refractivity contribution in [3.8, 4) is 46.4 Å². The molecule has 5 amide bonds. The Hall–Kier alpha value is -7.60. The fourth-order valence-electron chi connectivity index (χ4n) is 10.5. The third kappa shape index (κ3) is 10.6. The number of amides is 5. The van der Waals surface area contributed by atoms with Crippen LogP contribution < -0.4 is 21.1 Å². The lowest BCUT2D eigenvalue weighted by molar-refractivity contribution is -0.140. The lowest BCUT2D eigenvalue weighted by Gasteiger charge is -2.36. The maximum atomic E-state index is 14.0. The van der Waals surface area contributed by atoms with Crippen molar-refractivity contribution < 1.29 is 28.7 Å². The number of nitrogen functional groups attached to an aromatic ring is 1. The van der Waals surface area contributed by atoms with E-state index in [1.807, 2.05) is 76.3 Å². The van der Waals surface area contributed by atoms with Gasteiger partial charge in [0.15, 0.2) is 5.65 Å². The second-order valence-corrected chi connectivity index (χ2v) is 19.0. The molecule has 71 heavy (non-hydrogen) atoms. The normalized spacial score (nSPS) is 21.7. The number of carbonyl (C=O) groups is 5. The first-order valence-electron chi connectivity index (χ1n) is 24.7. The number of aromatic nitrogens is 4. The molecule has 1 saturated carbocycles. The average Bonchev–Trinajstić information content (AvgIpc) is 3.95. The number of piperazine rings is 1. The number of benzene rings is 3. The molecule has 364 valence electrons. The largest absolute Gasteiger partial charge is 0.457 e. The fraction of sp³-hybridized carbons (Fsp3) is 0.407. The van der Waals surface area contributed by atoms with Crippen LogP contribution in [0.25, 0.3) is 22.3 Å². The third-order valence-corrected chi connectivity index (χ3v) is 14.4. The van der Waals surface area contributed by atoms with Crippen molar-refractivity contribution in [1.82, 2.24) is 50.0 Å². The summed E-state index contributed by atoms with van der Waals surface area (Å²) in [4.78, 5) is 81.2. The molecule has 4 N–H and O–H groups in total. The molecule has 1 aliphatic carbocycles. The van der Waals surface area contributed by atoms with Crippen LogP contribution in [-0.2, 0) is 25.7 Å². The molecule has 6 heterocycles. The predicted molar refractivity (Wildman–Crippen MR) is 265 cm³/mol. The van der Waals surface area contributed by atoms with Gasteiger partial charge in [-0.1, -0.05) is 41.9 Å². The predicted octanol–water partition coefficient (Wildman–Crippen LogP) is 4.39. The molecule has 0 spiro atoms. The maximum absolute atomic E-state index is 14.0. The van der Waals surface area contributed by atoms with Crippen LogP contribution in [0.15, 0.2) is 79.1 Å². The molecule has 17 nitrogen and oxygen atoms in total. The van der Waals surface area contributed by atoms with E-state index in [1.54, 1.807) is 11.0 Å². The van der Waals surface area contributed by atoms with E-state index in [0.717, 1.165) is 61.5 Å². The molecular formula is C54H57N11O6. The van der Waals surface area contributed by atoms with Gasteiger partial charge in [0.2, 0.25) is 23.6 Å². The van der Waals surface area contributed by atoms with Gasteiger partial charge in [0, 0.05) is 80.8 Å². The number of para-hydroxylation sites is 1. The number of nitrogens with two attached hydrogens (primary N) is 1. The number of rotatable bonds is 10. The van der Waals surface area contributed by atoms with Crippen molar-refractivity contribution in [3.63, 3.8) is 0 Å². The van der Waals surface area contributed by atoms with E-state index in [1.165, 1.54) is 6.33 Å². The van der Waals surface area contributed by atoms with Gasteiger partial charge in [-0.25, -0.2) is 14.6 Å². The van der Waals surface area contributed by atoms with Crippen LogP contribution >= 0.6 is 0 Å². The summed E-state index contributed by atoms with van der Waals surface area (Å²) in [7, 11) is 0. The second-order valence-electron chi connectivity index (χ2n) is 19.0. The van der Waals surface area contributed by atoms with Gasteiger partial charge in [-0.3, -0.25) is 39.1 Å². The first-order chi connectivity index (χ1) is 34.6. The summed E-state index contributed by atoms with van der Waals surface area (Å²) in [5.41, 5.74) is 10.9. The van der Waals surface area contributed by atoms with E-state index in [9.17, 15) is 24.0 Å². The van der Waals surface area contributed by atoms with Crippen LogP contribution in [0.5, 0.6) is 11.5 Å². The minimum absolute atomic E-state index is 0.00141. The fourth-order valence-corrected chi connectivity index (χ4v) is 10.5. The van der Waals surface area contributed by atoms with Crippen LogP contribution in [0.4, 0.5) is 5.82 Å². The Morgan fingerprint density at radius 3 is 2.30 bits per heavy atom. The number of imide groups is 1. The SMILES string of the molecule is Nc1ncnc2c1c(-c1ccc(Oc3ccccc3)cc1)nn2[C@@H]1CCCN(C(=O)C2CCC(C(=O)NCC#CCN3CCN(CC#Cc4ccc5c(c4)CN(C4CCC(=O)NC4=O)C5=O)CC3)CC2)C1. The van der Waals surface area contributed by atoms with E-state index in [0.29, 0.717) is 105 Å². The maximum Gasteiger partial charge on any atom is 0.255 e. The molecule has 0 bridgehead atoms. The van der Waals surface area contributed by atoms with Crippen molar-refractivity contribution in [3.05, 3.63) is 95.8 Å². The van der Waals surface area contributed by atoms with Gasteiger partial charge in [0.25, 0.3) is 5.91 Å². The van der Waals surface area contributed by atoms with Gasteiger partial charge in [0.05, 0.1) is 31.1 Å². The number of ether oxygens (including phenoxy) is 1. The second kappa shape index (κ2) is 21.2. The molecule has 5 aliphatic rings. The summed E-state index contributed by atoms with van der Waals surface area (Å²) < 4.78 is 7.93. The third-order valence-electron chi connectivity index (χ3n) is 14.4. The van der Waals surface area contributed by atoms with Gasteiger partial charge < -0.3 is 25.6 Å². The topological polar surface area (TPSA) is 201 Å². The molecule has 0 radical (unpaired) electrons. The van der Waals surface area contributed by atoms with Gasteiger partial charge >= 0.3 is 0 Å². The van der Waals surface area contributed by atoms with Gasteiger partial charge in [-0.05, 0) is 105 Å². The van der Waals surface area contributed by atoms with Gasteiger partial charge in [-0.15, -0.1) is 0 Å². The Kier molecular flexibility index (Phi) is 14.0. The van der Waals surface area contributed by atoms with Gasteiger partial charge in [-0.2, -0.15) is 5.10 Å². The van der Waals surface area contributed by atoms with Crippen LogP contribution in [0.1, 0.15) is 78.9 Å². The number of nitrogens with one attached hydrogen (secondary N) is 2. The van der Waals surface area contributed by atoms with Crippen molar-refractivity contribution in [2.45, 2.75) is 70.0 Å². The molecule has 10 rings (SSSR count). The molecule has 3 aromatic carbocycles. The lowest BCUT2D eigenvalue weighted by atomic mass is 9.80. The number of likely N-dealkylation sites (tertiary alicyclic amines) is 1. The quantitative estimate of drug-likeness (QED) is 0.132. The summed E-state index contributed by atoms with van der Waals surface area (Å²) >= 11 is 0. The summed E-state index contributed by atoms with van der Waals surface area (Å²) in [6.07, 6.45) is 6.38. The van der Waals surface area contributed by atoms with E-state index >= 15 is 0 Å². The number of piperidine rings is 2. The molecular weight excluding hydrogens is 899 g/mol. The number of nitrogens with zero attached hydrogens (tertiary/aromatic N) is 8. The van der Waals surface area contributed by atoms with Crippen molar-refractivity contribution in [2.75, 3.05) is 64.6 Å². The zero-order valence-electron chi connectivity index (χ0n) is 39.6. The highest BCUT2D eigenvalue weighted by Gasteiger charge is 2.39. The van der Waals surface area contributed by atoms with E-state index in [-0.39, 0.29) is 47.9 Å². The van der Waals surface area contributed by atoms with Crippen LogP contribution in [0.3, 0.4) is 0 Å². The first kappa shape index (κ1) is 47.1. The van der Waals surface area contributed by atoms with E-state index in [2.05, 4.69) is 54.1 Å². The Balaban J connectivity index is 0.640. The summed E-state index contributed by atoms with van der Waals surface area (Å²) in [5.74, 6) is 13.7. The van der Waals surface area contributed by atoms with E-state index < -0.39 is 11.9 Å². The number of hydrogen-bond acceptors (Lipinski definition) is 12. The monoisotopic (exact) mass is 955 g/mol. The highest BCUT2D eigenvalue weighted by Crippen LogP contribution is 2.37. The molecule has 2 aromatic heterocycles. The minimum Gasteiger partial charge on any atom is -0.457 e. The summed E-state index contributed by atoms with van der Waals surface area (Å²) in [5, 5.41) is 11.1. The number of fused-ring (bicyclic) bond motifs is 2. The van der Waals surface area contributed by atoms with Crippen molar-refractivity contribution in [1.29, 1.82) is 0 Å². The Labute approximate surface area is 412 Å². The highest BCUT2D eigenvalue weighted by molar-refractivity contribution is 6.05. The molecule has 3 saturated heterocycles. The van der Waals surface area contributed by atoms with Gasteiger partial charge in [0.1, 0.15) is 35.4 Å². The minimum atomic E-state index is -0.637. The lowest BCUT2D eigenvalue weighted by Crippen LogP contribution is -2.52. The standard InChI is InChI=1S/C54H57N11O6/c55-49-47-48(37-17-19-43(20-18-37)71-42-10-2-1-3-11-42)60-65(50(47)58-35-57-49)41-9-7-27-63(34-41)53(69)39-15-13-38(14-16-39)51(67)56-24-4-5-25-61-28-30-62(31-29-61)26-6-8-36-12-21-44-40(32-36)33-64(54(44)70)45-22-23-46(66)59-52(45)68/h1-3,10-12,17-21,32,35,38-39,41,45H,7,9,13-16,22-31,33-34H2,(H,56,67)(H2,55,57,58)(H,59,66,68)/t38?,39?,41-,45?/m1/s1. The molecule has 5 aromatic rings. The molecule has 1 unspecified atom stereocenters. The highest BCUT2D eigenvalue weighted by atomic mass is 16.5. The number of carbonyl (C=O) groups excluding carboxylic acids is 5. The zero-order valence-corrected chi connectivity index (χ0v) is 39.6. The first-order valence-corrected chi connectivity index (χ1v) is 24.7. The molecule has 4 fully saturated rings. The number of hydrogen-bond donors (Lipinski definition) is 3. The Morgan fingerprint density at radius 1 is 0.803 bits per heavy atom. The summed E-state index contributed by atoms with van der Waals surface area (Å²) in [6.45, 7) is 6.55. The Morgan fingerprint density at radius 2 is 1.54 bits per heavy atom. The average molecular weight is 956 g/mol. The Bertz CT molecular complexity index is 2960. The number of anilines is 1.